The highest BCUT2D eigenvalue weighted by molar-refractivity contribution is 8.00. The summed E-state index contributed by atoms with van der Waals surface area (Å²) >= 11 is 7.30. The van der Waals surface area contributed by atoms with Crippen molar-refractivity contribution < 1.29 is 14.7 Å². The lowest BCUT2D eigenvalue weighted by Gasteiger charge is -2.26. The number of carbonyl (C=O) groups is 2. The molecule has 104 valence electrons. The van der Waals surface area contributed by atoms with Gasteiger partial charge in [0, 0.05) is 11.9 Å². The molecular formula is C12H15ClN2O3S. The summed E-state index contributed by atoms with van der Waals surface area (Å²) in [6, 6.07) is 0.755. The number of carbonyl (C=O) groups excluding carboxylic acids is 1. The molecule has 7 heteroatoms. The topological polar surface area (TPSA) is 73.4 Å². The van der Waals surface area contributed by atoms with E-state index in [-0.39, 0.29) is 11.3 Å². The molecule has 2 heterocycles. The molecule has 1 saturated heterocycles. The number of carboxylic acid groups (broad SMARTS) is 1. The van der Waals surface area contributed by atoms with E-state index in [9.17, 15) is 14.7 Å². The van der Waals surface area contributed by atoms with Crippen LogP contribution >= 0.6 is 23.4 Å². The number of nitrogens with one attached hydrogen (secondary N) is 1. The second kappa shape index (κ2) is 5.88. The number of hydrogen-bond donors (Lipinski definition) is 2. The van der Waals surface area contributed by atoms with Gasteiger partial charge in [-0.05, 0) is 12.5 Å². The Labute approximate surface area is 120 Å². The van der Waals surface area contributed by atoms with Crippen LogP contribution in [0.15, 0.2) is 12.3 Å². The van der Waals surface area contributed by atoms with Crippen molar-refractivity contribution in [2.45, 2.75) is 31.2 Å². The molecule has 2 N–H and O–H groups in total. The number of amides is 1. The minimum Gasteiger partial charge on any atom is -0.480 e. The van der Waals surface area contributed by atoms with Gasteiger partial charge >= 0.3 is 5.97 Å². The van der Waals surface area contributed by atoms with Crippen LogP contribution in [0.2, 0.25) is 5.02 Å². The summed E-state index contributed by atoms with van der Waals surface area (Å²) in [5.41, 5.74) is 0.333. The van der Waals surface area contributed by atoms with E-state index in [0.29, 0.717) is 16.5 Å². The Morgan fingerprint density at radius 3 is 2.89 bits per heavy atom. The van der Waals surface area contributed by atoms with E-state index in [0.717, 1.165) is 12.8 Å². The lowest BCUT2D eigenvalue weighted by atomic mass is 10.2. The predicted octanol–water partition coefficient (Wildman–Crippen LogP) is 2.44. The van der Waals surface area contributed by atoms with Gasteiger partial charge in [-0.15, -0.1) is 11.8 Å². The summed E-state index contributed by atoms with van der Waals surface area (Å²) in [6.45, 7) is 2.02. The van der Waals surface area contributed by atoms with Crippen molar-refractivity contribution in [3.63, 3.8) is 0 Å². The van der Waals surface area contributed by atoms with E-state index >= 15 is 0 Å². The quantitative estimate of drug-likeness (QED) is 0.896. The zero-order valence-corrected chi connectivity index (χ0v) is 12.0. The van der Waals surface area contributed by atoms with Gasteiger partial charge in [-0.3, -0.25) is 4.79 Å². The molecule has 0 radical (unpaired) electrons. The van der Waals surface area contributed by atoms with Gasteiger partial charge in [-0.25, -0.2) is 4.79 Å². The van der Waals surface area contributed by atoms with Gasteiger partial charge in [-0.2, -0.15) is 0 Å². The van der Waals surface area contributed by atoms with Crippen LogP contribution in [-0.4, -0.2) is 44.0 Å². The van der Waals surface area contributed by atoms with Crippen molar-refractivity contribution in [3.8, 4) is 0 Å². The maximum absolute atomic E-state index is 12.4. The van der Waals surface area contributed by atoms with Crippen molar-refractivity contribution >= 4 is 35.2 Å². The highest BCUT2D eigenvalue weighted by Gasteiger charge is 2.41. The lowest BCUT2D eigenvalue weighted by Crippen LogP contribution is -2.45. The molecule has 5 nitrogen and oxygen atoms in total. The van der Waals surface area contributed by atoms with E-state index in [2.05, 4.69) is 4.98 Å². The van der Waals surface area contributed by atoms with Crippen molar-refractivity contribution in [1.82, 2.24) is 9.88 Å². The summed E-state index contributed by atoms with van der Waals surface area (Å²) in [6.07, 6.45) is 3.20. The van der Waals surface area contributed by atoms with Gasteiger partial charge in [0.1, 0.15) is 11.7 Å². The number of aromatic nitrogens is 1. The lowest BCUT2D eigenvalue weighted by molar-refractivity contribution is -0.141. The third-order valence-electron chi connectivity index (χ3n) is 3.03. The van der Waals surface area contributed by atoms with Crippen LogP contribution in [0.5, 0.6) is 0 Å². The van der Waals surface area contributed by atoms with E-state index < -0.39 is 12.0 Å². The molecule has 1 amide bonds. The summed E-state index contributed by atoms with van der Waals surface area (Å²) in [4.78, 5) is 27.9. The first-order valence-electron chi connectivity index (χ1n) is 6.05. The molecular weight excluding hydrogens is 288 g/mol. The molecule has 2 unspecified atom stereocenters. The van der Waals surface area contributed by atoms with Crippen molar-refractivity contribution in [1.29, 1.82) is 0 Å². The molecule has 2 atom stereocenters. The molecule has 0 spiro atoms. The van der Waals surface area contributed by atoms with Gasteiger partial charge in [0.25, 0.3) is 5.91 Å². The molecule has 0 aliphatic carbocycles. The number of H-pyrrole nitrogens is 1. The standard InChI is InChI=1S/C12H15ClN2O3S/c1-2-3-10-15(9(6-19-10)12(17)18)11(16)8-4-7(13)5-14-8/h4-5,9-10,14H,2-3,6H2,1H3,(H,17,18). The fraction of sp³-hybridized carbons (Fsp3) is 0.500. The molecule has 0 saturated carbocycles. The Morgan fingerprint density at radius 2 is 2.37 bits per heavy atom. The molecule has 1 fully saturated rings. The van der Waals surface area contributed by atoms with E-state index in [1.54, 1.807) is 0 Å². The molecule has 1 aromatic rings. The van der Waals surface area contributed by atoms with Gasteiger partial charge in [0.15, 0.2) is 0 Å². The van der Waals surface area contributed by atoms with Crippen LogP contribution < -0.4 is 0 Å². The third-order valence-corrected chi connectivity index (χ3v) is 4.60. The first-order chi connectivity index (χ1) is 9.04. The second-order valence-electron chi connectivity index (χ2n) is 4.37. The first kappa shape index (κ1) is 14.3. The second-order valence-corrected chi connectivity index (χ2v) is 6.02. The average Bonchev–Trinajstić information content (AvgIpc) is 2.95. The number of aromatic amines is 1. The van der Waals surface area contributed by atoms with Crippen LogP contribution in [-0.2, 0) is 4.79 Å². The number of thioether (sulfide) groups is 1. The Bertz CT molecular complexity index is 491. The number of halogens is 1. The van der Waals surface area contributed by atoms with Crippen LogP contribution in [0, 0.1) is 0 Å². The maximum Gasteiger partial charge on any atom is 0.327 e. The van der Waals surface area contributed by atoms with Gasteiger partial charge in [0.05, 0.1) is 10.4 Å². The maximum atomic E-state index is 12.4. The number of aliphatic carboxylic acids is 1. The summed E-state index contributed by atoms with van der Waals surface area (Å²) < 4.78 is 0. The molecule has 1 aliphatic rings. The van der Waals surface area contributed by atoms with Crippen LogP contribution in [0.3, 0.4) is 0 Å². The normalized spacial score (nSPS) is 22.7. The van der Waals surface area contributed by atoms with E-state index in [1.807, 2.05) is 6.92 Å². The summed E-state index contributed by atoms with van der Waals surface area (Å²) in [5, 5.41) is 9.58. The Morgan fingerprint density at radius 1 is 1.63 bits per heavy atom. The fourth-order valence-electron chi connectivity index (χ4n) is 2.13. The Balaban J connectivity index is 2.25. The van der Waals surface area contributed by atoms with E-state index in [1.165, 1.54) is 28.9 Å². The smallest absolute Gasteiger partial charge is 0.327 e. The Hall–Kier alpha value is -1.14. The number of hydrogen-bond acceptors (Lipinski definition) is 3. The molecule has 0 bridgehead atoms. The third kappa shape index (κ3) is 2.90. The minimum atomic E-state index is -0.961. The SMILES string of the molecule is CCCC1SCC(C(=O)O)N1C(=O)c1cc(Cl)c[nH]1. The number of rotatable bonds is 4. The average molecular weight is 303 g/mol. The molecule has 19 heavy (non-hydrogen) atoms. The van der Waals surface area contributed by atoms with E-state index in [4.69, 9.17) is 11.6 Å². The highest BCUT2D eigenvalue weighted by Crippen LogP contribution is 2.33. The fourth-order valence-corrected chi connectivity index (χ4v) is 3.80. The van der Waals surface area contributed by atoms with Crippen LogP contribution in [0.1, 0.15) is 30.3 Å². The first-order valence-corrected chi connectivity index (χ1v) is 7.48. The molecule has 1 aromatic heterocycles. The largest absolute Gasteiger partial charge is 0.480 e. The van der Waals surface area contributed by atoms with Crippen LogP contribution in [0.25, 0.3) is 0 Å². The molecule has 2 rings (SSSR count). The predicted molar refractivity (Wildman–Crippen MR) is 74.6 cm³/mol. The number of carboxylic acids is 1. The Kier molecular flexibility index (Phi) is 4.42. The number of nitrogens with zero attached hydrogens (tertiary/aromatic N) is 1. The molecule has 0 aromatic carbocycles. The summed E-state index contributed by atoms with van der Waals surface area (Å²) in [5.74, 6) is -0.833. The monoisotopic (exact) mass is 302 g/mol. The highest BCUT2D eigenvalue weighted by atomic mass is 35.5. The molecule has 1 aliphatic heterocycles. The summed E-state index contributed by atoms with van der Waals surface area (Å²) in [7, 11) is 0. The van der Waals surface area contributed by atoms with Gasteiger partial charge in [0.2, 0.25) is 0 Å². The zero-order chi connectivity index (χ0) is 14.0. The van der Waals surface area contributed by atoms with Crippen LogP contribution in [0.4, 0.5) is 0 Å². The van der Waals surface area contributed by atoms with Gasteiger partial charge in [-0.1, -0.05) is 24.9 Å². The van der Waals surface area contributed by atoms with Crippen molar-refractivity contribution in [3.05, 3.63) is 23.0 Å². The minimum absolute atomic E-state index is 0.0827. The van der Waals surface area contributed by atoms with Crippen molar-refractivity contribution in [2.75, 3.05) is 5.75 Å². The zero-order valence-electron chi connectivity index (χ0n) is 10.4. The van der Waals surface area contributed by atoms with Crippen molar-refractivity contribution in [2.24, 2.45) is 0 Å². The van der Waals surface area contributed by atoms with Gasteiger partial charge < -0.3 is 15.0 Å².